The van der Waals surface area contributed by atoms with E-state index >= 15 is 0 Å². The van der Waals surface area contributed by atoms with E-state index in [0.29, 0.717) is 0 Å². The fourth-order valence-electron chi connectivity index (χ4n) is 3.25. The normalized spacial score (nSPS) is 12.1. The zero-order valence-electron chi connectivity index (χ0n) is 14.8. The molecular formula is C20H24N4. The van der Waals surface area contributed by atoms with Crippen LogP contribution in [0, 0.1) is 0 Å². The van der Waals surface area contributed by atoms with Crippen LogP contribution >= 0.6 is 0 Å². The summed E-state index contributed by atoms with van der Waals surface area (Å²) in [5.74, 6) is 0. The lowest BCUT2D eigenvalue weighted by Gasteiger charge is -2.28. The Morgan fingerprint density at radius 2 is 1.62 bits per heavy atom. The Bertz CT molecular complexity index is 835. The zero-order valence-corrected chi connectivity index (χ0v) is 14.8. The van der Waals surface area contributed by atoms with E-state index in [-0.39, 0.29) is 0 Å². The van der Waals surface area contributed by atoms with E-state index in [2.05, 4.69) is 70.7 Å². The number of benzene rings is 2. The summed E-state index contributed by atoms with van der Waals surface area (Å²) in [7, 11) is 1.96. The Labute approximate surface area is 143 Å². The SMILES string of the molecule is CC.CCN1Cc2ccccc2-c2c(nnn2C)-c2ccccc21. The van der Waals surface area contributed by atoms with E-state index < -0.39 is 0 Å². The predicted molar refractivity (Wildman–Crippen MR) is 99.9 cm³/mol. The molecule has 0 fully saturated rings. The van der Waals surface area contributed by atoms with Gasteiger partial charge in [0.05, 0.1) is 5.69 Å². The number of aromatic nitrogens is 3. The third-order valence-electron chi connectivity index (χ3n) is 4.34. The summed E-state index contributed by atoms with van der Waals surface area (Å²) >= 11 is 0. The van der Waals surface area contributed by atoms with Gasteiger partial charge in [-0.1, -0.05) is 61.5 Å². The largest absolute Gasteiger partial charge is 0.367 e. The lowest BCUT2D eigenvalue weighted by atomic mass is 9.96. The van der Waals surface area contributed by atoms with Crippen molar-refractivity contribution in [2.24, 2.45) is 7.05 Å². The zero-order chi connectivity index (χ0) is 17.1. The van der Waals surface area contributed by atoms with E-state index in [0.717, 1.165) is 30.0 Å². The van der Waals surface area contributed by atoms with Crippen molar-refractivity contribution in [3.8, 4) is 22.5 Å². The monoisotopic (exact) mass is 320 g/mol. The summed E-state index contributed by atoms with van der Waals surface area (Å²) in [6, 6.07) is 17.0. The van der Waals surface area contributed by atoms with Crippen LogP contribution in [-0.4, -0.2) is 21.5 Å². The minimum absolute atomic E-state index is 0.897. The molecule has 0 atom stereocenters. The fraction of sp³-hybridized carbons (Fsp3) is 0.300. The molecule has 0 bridgehead atoms. The Balaban J connectivity index is 0.000000815. The van der Waals surface area contributed by atoms with Gasteiger partial charge in [0.2, 0.25) is 0 Å². The second kappa shape index (κ2) is 6.87. The third kappa shape index (κ3) is 2.58. The number of para-hydroxylation sites is 1. The van der Waals surface area contributed by atoms with Gasteiger partial charge in [0.25, 0.3) is 0 Å². The second-order valence-electron chi connectivity index (χ2n) is 5.60. The molecule has 4 nitrogen and oxygen atoms in total. The Morgan fingerprint density at radius 3 is 2.38 bits per heavy atom. The Kier molecular flexibility index (Phi) is 4.65. The molecule has 4 rings (SSSR count). The number of aryl methyl sites for hydroxylation is 1. The number of fused-ring (bicyclic) bond motifs is 5. The van der Waals surface area contributed by atoms with Crippen LogP contribution in [0.25, 0.3) is 22.5 Å². The molecular weight excluding hydrogens is 296 g/mol. The Morgan fingerprint density at radius 1 is 0.958 bits per heavy atom. The van der Waals surface area contributed by atoms with Crippen LogP contribution in [0.4, 0.5) is 5.69 Å². The van der Waals surface area contributed by atoms with Crippen LogP contribution in [-0.2, 0) is 13.6 Å². The standard InChI is InChI=1S/C18H18N4.C2H6/c1-3-22-12-13-8-4-5-9-14(13)18-17(19-20-21(18)2)15-10-6-7-11-16(15)22;1-2/h4-11H,3,12H2,1-2H3;1-2H3. The van der Waals surface area contributed by atoms with Gasteiger partial charge in [0.1, 0.15) is 5.69 Å². The first-order chi connectivity index (χ1) is 11.8. The first-order valence-electron chi connectivity index (χ1n) is 8.62. The van der Waals surface area contributed by atoms with Gasteiger partial charge in [0.15, 0.2) is 0 Å². The summed E-state index contributed by atoms with van der Waals surface area (Å²) in [5, 5.41) is 8.73. The van der Waals surface area contributed by atoms with Crippen molar-refractivity contribution >= 4 is 5.69 Å². The van der Waals surface area contributed by atoms with Crippen molar-refractivity contribution in [2.45, 2.75) is 27.3 Å². The molecule has 0 aliphatic carbocycles. The van der Waals surface area contributed by atoms with E-state index in [1.165, 1.54) is 16.8 Å². The van der Waals surface area contributed by atoms with Gasteiger partial charge in [-0.15, -0.1) is 5.10 Å². The molecule has 1 aliphatic heterocycles. The summed E-state index contributed by atoms with van der Waals surface area (Å²) in [6.45, 7) is 8.05. The van der Waals surface area contributed by atoms with Crippen LogP contribution in [0.5, 0.6) is 0 Å². The van der Waals surface area contributed by atoms with Crippen LogP contribution in [0.3, 0.4) is 0 Å². The third-order valence-corrected chi connectivity index (χ3v) is 4.34. The maximum Gasteiger partial charge on any atom is 0.123 e. The minimum Gasteiger partial charge on any atom is -0.367 e. The molecule has 0 saturated carbocycles. The van der Waals surface area contributed by atoms with Gasteiger partial charge in [-0.3, -0.25) is 0 Å². The number of hydrogen-bond acceptors (Lipinski definition) is 3. The quantitative estimate of drug-likeness (QED) is 0.661. The number of rotatable bonds is 1. The summed E-state index contributed by atoms with van der Waals surface area (Å²) in [4.78, 5) is 2.39. The molecule has 0 radical (unpaired) electrons. The highest BCUT2D eigenvalue weighted by molar-refractivity contribution is 5.87. The molecule has 0 spiro atoms. The molecule has 2 aromatic carbocycles. The van der Waals surface area contributed by atoms with Crippen LogP contribution in [0.15, 0.2) is 48.5 Å². The average molecular weight is 320 g/mol. The van der Waals surface area contributed by atoms with Gasteiger partial charge in [-0.25, -0.2) is 4.68 Å². The molecule has 0 N–H and O–H groups in total. The predicted octanol–water partition coefficient (Wildman–Crippen LogP) is 4.52. The molecule has 1 aromatic heterocycles. The first-order valence-corrected chi connectivity index (χ1v) is 8.62. The van der Waals surface area contributed by atoms with Crippen molar-refractivity contribution in [1.29, 1.82) is 0 Å². The molecule has 0 unspecified atom stereocenters. The molecule has 0 amide bonds. The topological polar surface area (TPSA) is 34.0 Å². The maximum absolute atomic E-state index is 4.45. The highest BCUT2D eigenvalue weighted by Crippen LogP contribution is 2.40. The van der Waals surface area contributed by atoms with Crippen molar-refractivity contribution in [3.63, 3.8) is 0 Å². The number of anilines is 1. The molecule has 124 valence electrons. The molecule has 2 heterocycles. The van der Waals surface area contributed by atoms with Crippen molar-refractivity contribution in [2.75, 3.05) is 11.4 Å². The van der Waals surface area contributed by atoms with Gasteiger partial charge < -0.3 is 4.90 Å². The van der Waals surface area contributed by atoms with Crippen molar-refractivity contribution in [1.82, 2.24) is 15.0 Å². The Hall–Kier alpha value is -2.62. The highest BCUT2D eigenvalue weighted by Gasteiger charge is 2.24. The summed E-state index contributed by atoms with van der Waals surface area (Å²) in [6.07, 6.45) is 0. The van der Waals surface area contributed by atoms with Gasteiger partial charge in [-0.2, -0.15) is 0 Å². The van der Waals surface area contributed by atoms with Crippen molar-refractivity contribution in [3.05, 3.63) is 54.1 Å². The molecule has 24 heavy (non-hydrogen) atoms. The number of nitrogens with zero attached hydrogens (tertiary/aromatic N) is 4. The molecule has 3 aromatic rings. The molecule has 4 heteroatoms. The van der Waals surface area contributed by atoms with Gasteiger partial charge in [-0.05, 0) is 18.6 Å². The van der Waals surface area contributed by atoms with Crippen LogP contribution in [0.2, 0.25) is 0 Å². The lowest BCUT2D eigenvalue weighted by Crippen LogP contribution is -2.24. The highest BCUT2D eigenvalue weighted by atomic mass is 15.4. The lowest BCUT2D eigenvalue weighted by molar-refractivity contribution is 0.720. The van der Waals surface area contributed by atoms with Crippen molar-refractivity contribution < 1.29 is 0 Å². The maximum atomic E-state index is 4.45. The van der Waals surface area contributed by atoms with E-state index in [9.17, 15) is 0 Å². The smallest absolute Gasteiger partial charge is 0.123 e. The van der Waals surface area contributed by atoms with Crippen LogP contribution < -0.4 is 4.90 Å². The van der Waals surface area contributed by atoms with E-state index in [4.69, 9.17) is 0 Å². The van der Waals surface area contributed by atoms with Gasteiger partial charge in [0, 0.05) is 37.0 Å². The molecule has 1 aliphatic rings. The van der Waals surface area contributed by atoms with E-state index in [1.807, 2.05) is 25.6 Å². The molecule has 0 saturated heterocycles. The second-order valence-corrected chi connectivity index (χ2v) is 5.60. The summed E-state index contributed by atoms with van der Waals surface area (Å²) < 4.78 is 1.88. The first kappa shape index (κ1) is 16.2. The number of hydrogen-bond donors (Lipinski definition) is 0. The van der Waals surface area contributed by atoms with Gasteiger partial charge >= 0.3 is 0 Å². The van der Waals surface area contributed by atoms with E-state index in [1.54, 1.807) is 0 Å². The average Bonchev–Trinajstić information content (AvgIpc) is 3.01. The summed E-state index contributed by atoms with van der Waals surface area (Å²) in [5.41, 5.74) is 6.97. The van der Waals surface area contributed by atoms with Crippen LogP contribution in [0.1, 0.15) is 26.3 Å². The fourth-order valence-corrected chi connectivity index (χ4v) is 3.25. The minimum atomic E-state index is 0.897.